The minimum atomic E-state index is -4.54. The Kier molecular flexibility index (Phi) is 5.10. The molecule has 2 aromatic heterocycles. The summed E-state index contributed by atoms with van der Waals surface area (Å²) < 4.78 is 43.5. The van der Waals surface area contributed by atoms with Gasteiger partial charge in [-0.1, -0.05) is 23.2 Å². The number of alkyl halides is 3. The number of hydrogen-bond donors (Lipinski definition) is 1. The summed E-state index contributed by atoms with van der Waals surface area (Å²) in [5, 5.41) is 1.03. The molecule has 0 unspecified atom stereocenters. The van der Waals surface area contributed by atoms with E-state index in [2.05, 4.69) is 14.7 Å². The number of rotatable bonds is 3. The van der Waals surface area contributed by atoms with E-state index in [1.165, 1.54) is 26.2 Å². The Morgan fingerprint density at radius 2 is 1.96 bits per heavy atom. The van der Waals surface area contributed by atoms with Crippen molar-refractivity contribution in [3.05, 3.63) is 62.5 Å². The fourth-order valence-electron chi connectivity index (χ4n) is 2.81. The topological polar surface area (TPSA) is 55.0 Å². The second-order valence-electron chi connectivity index (χ2n) is 5.90. The summed E-state index contributed by atoms with van der Waals surface area (Å²) in [6.07, 6.45) is -4.34. The van der Waals surface area contributed by atoms with Crippen LogP contribution in [-0.4, -0.2) is 23.0 Å². The van der Waals surface area contributed by atoms with E-state index in [1.807, 2.05) is 0 Å². The van der Waals surface area contributed by atoms with Gasteiger partial charge in [0.1, 0.15) is 5.69 Å². The summed E-state index contributed by atoms with van der Waals surface area (Å²) in [4.78, 5) is 18.4. The first kappa shape index (κ1) is 19.5. The van der Waals surface area contributed by atoms with Gasteiger partial charge in [0.25, 0.3) is 0 Å². The number of nitrogens with zero attached hydrogens (tertiary/aromatic N) is 1. The van der Waals surface area contributed by atoms with Crippen LogP contribution in [0, 0.1) is 6.92 Å². The van der Waals surface area contributed by atoms with Crippen molar-refractivity contribution in [3.63, 3.8) is 0 Å². The lowest BCUT2D eigenvalue weighted by molar-refractivity contribution is -0.141. The van der Waals surface area contributed by atoms with Gasteiger partial charge in [0.15, 0.2) is 0 Å². The molecule has 27 heavy (non-hydrogen) atoms. The minimum Gasteiger partial charge on any atom is -0.465 e. The Bertz CT molecular complexity index is 1050. The number of benzene rings is 1. The number of aromatic amines is 1. The van der Waals surface area contributed by atoms with Gasteiger partial charge < -0.3 is 9.72 Å². The highest BCUT2D eigenvalue weighted by Crippen LogP contribution is 2.33. The van der Waals surface area contributed by atoms with Crippen molar-refractivity contribution in [1.82, 2.24) is 9.97 Å². The van der Waals surface area contributed by atoms with Crippen molar-refractivity contribution in [1.29, 1.82) is 0 Å². The monoisotopic (exact) mass is 416 g/mol. The Labute approximate surface area is 162 Å². The number of H-pyrrole nitrogens is 1. The lowest BCUT2D eigenvalue weighted by atomic mass is 10.1. The fraction of sp³-hybridized carbons (Fsp3) is 0.222. The van der Waals surface area contributed by atoms with Crippen LogP contribution >= 0.6 is 23.2 Å². The molecule has 0 spiro atoms. The number of methoxy groups -OCH3 is 1. The second-order valence-corrected chi connectivity index (χ2v) is 6.69. The molecule has 0 atom stereocenters. The van der Waals surface area contributed by atoms with E-state index < -0.39 is 17.8 Å². The second kappa shape index (κ2) is 7.05. The number of carbonyl (C=O) groups is 1. The van der Waals surface area contributed by atoms with E-state index in [9.17, 15) is 18.0 Å². The van der Waals surface area contributed by atoms with Gasteiger partial charge in [-0.2, -0.15) is 13.2 Å². The summed E-state index contributed by atoms with van der Waals surface area (Å²) in [6, 6.07) is 5.62. The van der Waals surface area contributed by atoms with E-state index >= 15 is 0 Å². The number of carbonyl (C=O) groups excluding carboxylic acids is 1. The van der Waals surface area contributed by atoms with Crippen LogP contribution in [0.5, 0.6) is 0 Å². The molecule has 1 N–H and O–H groups in total. The minimum absolute atomic E-state index is 0.138. The SMILES string of the molecule is COC(=O)c1ccc(Cl)c(Cc2cc3c(C)nc(C(F)(F)F)cc3[nH]2)c1Cl. The first-order valence-corrected chi connectivity index (χ1v) is 8.49. The Morgan fingerprint density at radius 1 is 1.26 bits per heavy atom. The van der Waals surface area contributed by atoms with Crippen LogP contribution < -0.4 is 0 Å². The van der Waals surface area contributed by atoms with E-state index in [0.717, 1.165) is 6.07 Å². The summed E-state index contributed by atoms with van der Waals surface area (Å²) in [5.41, 5.74) is 0.801. The van der Waals surface area contributed by atoms with Crippen molar-refractivity contribution >= 4 is 40.1 Å². The van der Waals surface area contributed by atoms with Gasteiger partial charge in [0.05, 0.1) is 17.7 Å². The van der Waals surface area contributed by atoms with Crippen LogP contribution in [0.4, 0.5) is 13.2 Å². The zero-order chi connectivity index (χ0) is 19.9. The number of ether oxygens (including phenoxy) is 1. The Balaban J connectivity index is 2.05. The van der Waals surface area contributed by atoms with Crippen molar-refractivity contribution in [2.45, 2.75) is 19.5 Å². The molecule has 0 radical (unpaired) electrons. The molecule has 0 saturated heterocycles. The molecule has 0 fully saturated rings. The largest absolute Gasteiger partial charge is 0.465 e. The highest BCUT2D eigenvalue weighted by atomic mass is 35.5. The van der Waals surface area contributed by atoms with Crippen molar-refractivity contribution in [2.75, 3.05) is 7.11 Å². The lowest BCUT2D eigenvalue weighted by Crippen LogP contribution is -2.08. The Hall–Kier alpha value is -2.25. The van der Waals surface area contributed by atoms with E-state index in [4.69, 9.17) is 23.2 Å². The van der Waals surface area contributed by atoms with E-state index in [-0.39, 0.29) is 22.7 Å². The smallest absolute Gasteiger partial charge is 0.433 e. The van der Waals surface area contributed by atoms with Gasteiger partial charge in [-0.15, -0.1) is 0 Å². The highest BCUT2D eigenvalue weighted by molar-refractivity contribution is 6.38. The number of aromatic nitrogens is 2. The summed E-state index contributed by atoms with van der Waals surface area (Å²) in [5.74, 6) is -0.607. The molecule has 4 nitrogen and oxygen atoms in total. The molecule has 0 aliphatic rings. The maximum Gasteiger partial charge on any atom is 0.433 e. The molecule has 0 amide bonds. The molecule has 2 heterocycles. The van der Waals surface area contributed by atoms with Crippen LogP contribution in [-0.2, 0) is 17.3 Å². The molecular formula is C18H13Cl2F3N2O2. The number of aryl methyl sites for hydroxylation is 1. The number of esters is 1. The number of pyridine rings is 1. The number of hydrogen-bond acceptors (Lipinski definition) is 3. The lowest BCUT2D eigenvalue weighted by Gasteiger charge is -2.10. The number of fused-ring (bicyclic) bond motifs is 1. The van der Waals surface area contributed by atoms with Gasteiger partial charge in [-0.05, 0) is 36.8 Å². The molecule has 3 aromatic rings. The number of nitrogens with one attached hydrogen (secondary N) is 1. The summed E-state index contributed by atoms with van der Waals surface area (Å²) >= 11 is 12.5. The quantitative estimate of drug-likeness (QED) is 0.567. The Morgan fingerprint density at radius 3 is 2.59 bits per heavy atom. The van der Waals surface area contributed by atoms with Gasteiger partial charge in [0, 0.05) is 33.7 Å². The van der Waals surface area contributed by atoms with Crippen LogP contribution in [0.15, 0.2) is 24.3 Å². The third kappa shape index (κ3) is 3.75. The van der Waals surface area contributed by atoms with Gasteiger partial charge in [-0.3, -0.25) is 0 Å². The summed E-state index contributed by atoms with van der Waals surface area (Å²) in [7, 11) is 1.23. The van der Waals surface area contributed by atoms with E-state index in [1.54, 1.807) is 6.07 Å². The van der Waals surface area contributed by atoms with E-state index in [0.29, 0.717) is 27.2 Å². The maximum absolute atomic E-state index is 13.0. The normalized spacial score (nSPS) is 11.8. The fourth-order valence-corrected chi connectivity index (χ4v) is 3.39. The predicted octanol–water partition coefficient (Wildman–Crippen LogP) is 5.57. The highest BCUT2D eigenvalue weighted by Gasteiger charge is 2.33. The molecule has 0 aliphatic carbocycles. The number of halogens is 5. The zero-order valence-corrected chi connectivity index (χ0v) is 15.7. The van der Waals surface area contributed by atoms with Gasteiger partial charge >= 0.3 is 12.1 Å². The molecular weight excluding hydrogens is 404 g/mol. The zero-order valence-electron chi connectivity index (χ0n) is 14.2. The van der Waals surface area contributed by atoms with Gasteiger partial charge in [0.2, 0.25) is 0 Å². The average molecular weight is 417 g/mol. The standard InChI is InChI=1S/C18H13Cl2F3N2O2/c1-8-11-5-9(25-14(11)7-15(24-8)18(21,22)23)6-12-13(19)4-3-10(16(12)20)17(26)27-2/h3-5,7,25H,6H2,1-2H3. The first-order chi connectivity index (χ1) is 12.6. The molecule has 3 rings (SSSR count). The van der Waals surface area contributed by atoms with Crippen molar-refractivity contribution < 1.29 is 22.7 Å². The van der Waals surface area contributed by atoms with Crippen molar-refractivity contribution in [3.8, 4) is 0 Å². The van der Waals surface area contributed by atoms with Crippen LogP contribution in [0.3, 0.4) is 0 Å². The molecule has 142 valence electrons. The third-order valence-electron chi connectivity index (χ3n) is 4.11. The van der Waals surface area contributed by atoms with Crippen LogP contribution in [0.25, 0.3) is 10.9 Å². The average Bonchev–Trinajstić information content (AvgIpc) is 3.00. The first-order valence-electron chi connectivity index (χ1n) is 7.73. The molecule has 9 heteroatoms. The van der Waals surface area contributed by atoms with Crippen molar-refractivity contribution in [2.24, 2.45) is 0 Å². The van der Waals surface area contributed by atoms with Crippen LogP contribution in [0.1, 0.15) is 33.0 Å². The van der Waals surface area contributed by atoms with Crippen LogP contribution in [0.2, 0.25) is 10.0 Å². The molecule has 0 saturated carbocycles. The maximum atomic E-state index is 13.0. The molecule has 0 aliphatic heterocycles. The predicted molar refractivity (Wildman–Crippen MR) is 96.4 cm³/mol. The third-order valence-corrected chi connectivity index (χ3v) is 4.90. The molecule has 1 aromatic carbocycles. The molecule has 0 bridgehead atoms. The van der Waals surface area contributed by atoms with Gasteiger partial charge in [-0.25, -0.2) is 9.78 Å². The summed E-state index contributed by atoms with van der Waals surface area (Å²) in [6.45, 7) is 1.51.